The van der Waals surface area contributed by atoms with Crippen molar-refractivity contribution in [2.24, 2.45) is 5.92 Å². The topological polar surface area (TPSA) is 77.1 Å². The molecule has 1 saturated heterocycles. The molecule has 0 bridgehead atoms. The minimum absolute atomic E-state index is 0.000626. The third kappa shape index (κ3) is 4.00. The average Bonchev–Trinajstić information content (AvgIpc) is 3.31. The van der Waals surface area contributed by atoms with Gasteiger partial charge in [0.2, 0.25) is 12.7 Å². The van der Waals surface area contributed by atoms with Gasteiger partial charge in [-0.05, 0) is 36.4 Å². The molecule has 0 aliphatic carbocycles. The SMILES string of the molecule is O=C(COc1ccc(F)cc1)NCC1CC(=O)N(c2ccc3c(c2)OCO3)C1. The summed E-state index contributed by atoms with van der Waals surface area (Å²) in [7, 11) is 0. The first kappa shape index (κ1) is 18.1. The van der Waals surface area contributed by atoms with Gasteiger partial charge in [0.25, 0.3) is 5.91 Å². The van der Waals surface area contributed by atoms with Gasteiger partial charge in [0.05, 0.1) is 0 Å². The molecule has 1 unspecified atom stereocenters. The molecule has 2 amide bonds. The van der Waals surface area contributed by atoms with Gasteiger partial charge in [-0.3, -0.25) is 9.59 Å². The van der Waals surface area contributed by atoms with E-state index in [4.69, 9.17) is 14.2 Å². The maximum atomic E-state index is 12.9. The Balaban J connectivity index is 1.26. The van der Waals surface area contributed by atoms with Gasteiger partial charge in [-0.25, -0.2) is 4.39 Å². The molecule has 146 valence electrons. The zero-order valence-electron chi connectivity index (χ0n) is 15.0. The lowest BCUT2D eigenvalue weighted by atomic mass is 10.1. The van der Waals surface area contributed by atoms with Gasteiger partial charge in [0.15, 0.2) is 18.1 Å². The van der Waals surface area contributed by atoms with E-state index in [1.54, 1.807) is 17.0 Å². The van der Waals surface area contributed by atoms with Crippen molar-refractivity contribution < 1.29 is 28.2 Å². The Kier molecular flexibility index (Phi) is 5.01. The fraction of sp³-hybridized carbons (Fsp3) is 0.300. The fourth-order valence-corrected chi connectivity index (χ4v) is 3.21. The standard InChI is InChI=1S/C20H19FN2O5/c21-14-1-4-16(5-2-14)26-11-19(24)22-9-13-7-20(25)23(10-13)15-3-6-17-18(8-15)28-12-27-17/h1-6,8,13H,7,9-12H2,(H,22,24). The number of fused-ring (bicyclic) bond motifs is 1. The smallest absolute Gasteiger partial charge is 0.257 e. The average molecular weight is 386 g/mol. The maximum Gasteiger partial charge on any atom is 0.257 e. The van der Waals surface area contributed by atoms with Gasteiger partial charge in [-0.15, -0.1) is 0 Å². The second-order valence-electron chi connectivity index (χ2n) is 6.66. The first-order valence-corrected chi connectivity index (χ1v) is 8.93. The van der Waals surface area contributed by atoms with Crippen molar-refractivity contribution in [1.82, 2.24) is 5.32 Å². The summed E-state index contributed by atoms with van der Waals surface area (Å²) in [5, 5.41) is 2.78. The highest BCUT2D eigenvalue weighted by Gasteiger charge is 2.31. The van der Waals surface area contributed by atoms with E-state index in [0.717, 1.165) is 5.69 Å². The predicted molar refractivity (Wildman–Crippen MR) is 97.9 cm³/mol. The van der Waals surface area contributed by atoms with Crippen LogP contribution >= 0.6 is 0 Å². The summed E-state index contributed by atoms with van der Waals surface area (Å²) in [5.41, 5.74) is 0.753. The Bertz CT molecular complexity index is 887. The van der Waals surface area contributed by atoms with E-state index in [-0.39, 0.29) is 36.9 Å². The van der Waals surface area contributed by atoms with E-state index in [1.165, 1.54) is 24.3 Å². The van der Waals surface area contributed by atoms with Gasteiger partial charge < -0.3 is 24.4 Å². The maximum absolute atomic E-state index is 12.9. The fourth-order valence-electron chi connectivity index (χ4n) is 3.21. The summed E-state index contributed by atoms with van der Waals surface area (Å²) in [5.74, 6) is 1.06. The van der Waals surface area contributed by atoms with E-state index in [9.17, 15) is 14.0 Å². The highest BCUT2D eigenvalue weighted by Crippen LogP contribution is 2.37. The van der Waals surface area contributed by atoms with Crippen LogP contribution in [0.25, 0.3) is 0 Å². The van der Waals surface area contributed by atoms with Gasteiger partial charge >= 0.3 is 0 Å². The summed E-state index contributed by atoms with van der Waals surface area (Å²) in [6.45, 7) is 0.898. The van der Waals surface area contributed by atoms with Crippen LogP contribution in [0.15, 0.2) is 42.5 Å². The van der Waals surface area contributed by atoms with Gasteiger partial charge in [-0.1, -0.05) is 0 Å². The van der Waals surface area contributed by atoms with E-state index in [0.29, 0.717) is 36.8 Å². The molecule has 1 fully saturated rings. The Morgan fingerprint density at radius 2 is 1.96 bits per heavy atom. The molecule has 1 atom stereocenters. The number of hydrogen-bond donors (Lipinski definition) is 1. The Hall–Kier alpha value is -3.29. The molecule has 0 saturated carbocycles. The lowest BCUT2D eigenvalue weighted by molar-refractivity contribution is -0.123. The first-order chi connectivity index (χ1) is 13.6. The van der Waals surface area contributed by atoms with Crippen LogP contribution in [0.3, 0.4) is 0 Å². The number of rotatable bonds is 6. The molecule has 1 N–H and O–H groups in total. The van der Waals surface area contributed by atoms with E-state index in [1.807, 2.05) is 6.07 Å². The molecule has 28 heavy (non-hydrogen) atoms. The number of carbonyl (C=O) groups is 2. The van der Waals surface area contributed by atoms with Crippen molar-refractivity contribution in [2.45, 2.75) is 6.42 Å². The lowest BCUT2D eigenvalue weighted by Gasteiger charge is -2.17. The number of nitrogens with one attached hydrogen (secondary N) is 1. The molecule has 0 radical (unpaired) electrons. The largest absolute Gasteiger partial charge is 0.484 e. The Morgan fingerprint density at radius 1 is 1.18 bits per heavy atom. The van der Waals surface area contributed by atoms with E-state index >= 15 is 0 Å². The number of nitrogens with zero attached hydrogens (tertiary/aromatic N) is 1. The molecule has 7 nitrogen and oxygen atoms in total. The number of carbonyl (C=O) groups excluding carboxylic acids is 2. The van der Waals surface area contributed by atoms with Crippen molar-refractivity contribution in [2.75, 3.05) is 31.4 Å². The summed E-state index contributed by atoms with van der Waals surface area (Å²) in [6, 6.07) is 10.8. The monoisotopic (exact) mass is 386 g/mol. The molecule has 2 aliphatic heterocycles. The van der Waals surface area contributed by atoms with Crippen LogP contribution < -0.4 is 24.4 Å². The number of ether oxygens (including phenoxy) is 3. The van der Waals surface area contributed by atoms with Crippen LogP contribution in [0, 0.1) is 11.7 Å². The lowest BCUT2D eigenvalue weighted by Crippen LogP contribution is -2.34. The van der Waals surface area contributed by atoms with Crippen LogP contribution in [0.4, 0.5) is 10.1 Å². The predicted octanol–water partition coefficient (Wildman–Crippen LogP) is 2.10. The Labute approximate surface area is 161 Å². The van der Waals surface area contributed by atoms with Crippen molar-refractivity contribution >= 4 is 17.5 Å². The highest BCUT2D eigenvalue weighted by molar-refractivity contribution is 5.96. The van der Waals surface area contributed by atoms with Crippen LogP contribution in [0.2, 0.25) is 0 Å². The molecule has 2 aromatic rings. The number of anilines is 1. The zero-order chi connectivity index (χ0) is 19.5. The highest BCUT2D eigenvalue weighted by atomic mass is 19.1. The summed E-state index contributed by atoms with van der Waals surface area (Å²) in [4.78, 5) is 26.0. The zero-order valence-corrected chi connectivity index (χ0v) is 15.0. The summed E-state index contributed by atoms with van der Waals surface area (Å²) < 4.78 is 28.8. The molecule has 4 rings (SSSR count). The molecule has 0 aromatic heterocycles. The quantitative estimate of drug-likeness (QED) is 0.823. The van der Waals surface area contributed by atoms with Crippen LogP contribution in [-0.2, 0) is 9.59 Å². The Morgan fingerprint density at radius 3 is 2.79 bits per heavy atom. The third-order valence-corrected chi connectivity index (χ3v) is 4.64. The van der Waals surface area contributed by atoms with E-state index < -0.39 is 0 Å². The summed E-state index contributed by atoms with van der Waals surface area (Å²) in [6.07, 6.45) is 0.355. The molecule has 2 heterocycles. The molecular formula is C20H19FN2O5. The first-order valence-electron chi connectivity index (χ1n) is 8.93. The third-order valence-electron chi connectivity index (χ3n) is 4.64. The molecule has 2 aromatic carbocycles. The van der Waals surface area contributed by atoms with Crippen molar-refractivity contribution in [1.29, 1.82) is 0 Å². The normalized spacial score (nSPS) is 17.7. The van der Waals surface area contributed by atoms with Crippen molar-refractivity contribution in [3.8, 4) is 17.2 Å². The number of halogens is 1. The van der Waals surface area contributed by atoms with Crippen molar-refractivity contribution in [3.05, 3.63) is 48.3 Å². The van der Waals surface area contributed by atoms with Gasteiger partial charge in [0.1, 0.15) is 11.6 Å². The summed E-state index contributed by atoms with van der Waals surface area (Å²) >= 11 is 0. The van der Waals surface area contributed by atoms with E-state index in [2.05, 4.69) is 5.32 Å². The van der Waals surface area contributed by atoms with Crippen molar-refractivity contribution in [3.63, 3.8) is 0 Å². The molecular weight excluding hydrogens is 367 g/mol. The minimum Gasteiger partial charge on any atom is -0.484 e. The second-order valence-corrected chi connectivity index (χ2v) is 6.66. The molecule has 2 aliphatic rings. The minimum atomic E-state index is -0.366. The second kappa shape index (κ2) is 7.75. The molecule has 8 heteroatoms. The van der Waals surface area contributed by atoms with Crippen LogP contribution in [0.5, 0.6) is 17.2 Å². The van der Waals surface area contributed by atoms with Gasteiger partial charge in [0, 0.05) is 37.2 Å². The van der Waals surface area contributed by atoms with Gasteiger partial charge in [-0.2, -0.15) is 0 Å². The molecule has 0 spiro atoms. The van der Waals surface area contributed by atoms with Crippen LogP contribution in [0.1, 0.15) is 6.42 Å². The number of benzene rings is 2. The van der Waals surface area contributed by atoms with Crippen LogP contribution in [-0.4, -0.2) is 38.3 Å². The number of amides is 2. The number of hydrogen-bond acceptors (Lipinski definition) is 5.